The van der Waals surface area contributed by atoms with Crippen molar-refractivity contribution < 1.29 is 14.6 Å². The fourth-order valence-electron chi connectivity index (χ4n) is 0.174. The van der Waals surface area contributed by atoms with Gasteiger partial charge in [0.15, 0.2) is 0 Å². The summed E-state index contributed by atoms with van der Waals surface area (Å²) >= 11 is 0. The Kier molecular flexibility index (Phi) is 4.44. The molecule has 0 amide bonds. The molecule has 0 bridgehead atoms. The van der Waals surface area contributed by atoms with E-state index >= 15 is 0 Å². The van der Waals surface area contributed by atoms with Crippen LogP contribution >= 0.6 is 0 Å². The van der Waals surface area contributed by atoms with Gasteiger partial charge in [0.1, 0.15) is 6.61 Å². The zero-order valence-corrected chi connectivity index (χ0v) is 5.00. The third kappa shape index (κ3) is 4.77. The van der Waals surface area contributed by atoms with Gasteiger partial charge in [-0.1, -0.05) is 12.7 Å². The summed E-state index contributed by atoms with van der Waals surface area (Å²) in [6.45, 7) is 6.69. The normalized spacial score (nSPS) is 8.00. The first-order chi connectivity index (χ1) is 4.31. The highest BCUT2D eigenvalue weighted by molar-refractivity contribution is 5.80. The van der Waals surface area contributed by atoms with Crippen LogP contribution in [0.25, 0.3) is 0 Å². The molecule has 0 spiro atoms. The number of carbonyl (C=O) groups is 1. The molecule has 0 aromatic carbocycles. The summed E-state index contributed by atoms with van der Waals surface area (Å²) in [6.07, 6.45) is 2.49. The van der Waals surface area contributed by atoms with Crippen LogP contribution in [-0.4, -0.2) is 12.6 Å². The third-order valence-corrected chi connectivity index (χ3v) is 0.494. The van der Waals surface area contributed by atoms with Crippen LogP contribution in [0.5, 0.6) is 0 Å². The van der Waals surface area contributed by atoms with E-state index in [9.17, 15) is 4.79 Å². The zero-order chi connectivity index (χ0) is 7.11. The molecule has 0 atom stereocenters. The van der Waals surface area contributed by atoms with Gasteiger partial charge in [0.25, 0.3) is 0 Å². The molecule has 0 aliphatic carbocycles. The topological polar surface area (TPSA) is 35.5 Å². The van der Waals surface area contributed by atoms with Gasteiger partial charge in [-0.25, -0.2) is 4.79 Å². The van der Waals surface area contributed by atoms with Gasteiger partial charge in [0.05, 0.1) is 0 Å². The minimum absolute atomic E-state index is 0.194. The molecule has 0 saturated carbocycles. The summed E-state index contributed by atoms with van der Waals surface area (Å²) in [5, 5.41) is 0. The molecule has 0 aromatic heterocycles. The van der Waals surface area contributed by atoms with Gasteiger partial charge in [-0.2, -0.15) is 4.89 Å². The number of rotatable bonds is 4. The predicted molar refractivity (Wildman–Crippen MR) is 32.4 cm³/mol. The quantitative estimate of drug-likeness (QED) is 0.185. The lowest BCUT2D eigenvalue weighted by Gasteiger charge is -1.94. The second-order valence-corrected chi connectivity index (χ2v) is 1.18. The molecule has 0 N–H and O–H groups in total. The lowest BCUT2D eigenvalue weighted by molar-refractivity contribution is -0.260. The molecule has 0 saturated heterocycles. The summed E-state index contributed by atoms with van der Waals surface area (Å²) < 4.78 is 0. The van der Waals surface area contributed by atoms with Crippen molar-refractivity contribution in [3.05, 3.63) is 25.3 Å². The van der Waals surface area contributed by atoms with E-state index in [0.717, 1.165) is 6.08 Å². The lowest BCUT2D eigenvalue weighted by Crippen LogP contribution is -2.00. The monoisotopic (exact) mass is 128 g/mol. The van der Waals surface area contributed by atoms with Crippen molar-refractivity contribution in [3.8, 4) is 0 Å². The average Bonchev–Trinajstić information content (AvgIpc) is 1.89. The van der Waals surface area contributed by atoms with Crippen LogP contribution in [0.3, 0.4) is 0 Å². The Bertz CT molecular complexity index is 117. The molecule has 50 valence electrons. The van der Waals surface area contributed by atoms with Crippen LogP contribution < -0.4 is 0 Å². The van der Waals surface area contributed by atoms with Gasteiger partial charge < -0.3 is 0 Å². The van der Waals surface area contributed by atoms with E-state index in [2.05, 4.69) is 22.9 Å². The molecule has 0 rings (SSSR count). The van der Waals surface area contributed by atoms with Gasteiger partial charge >= 0.3 is 5.97 Å². The van der Waals surface area contributed by atoms with Crippen molar-refractivity contribution in [2.45, 2.75) is 0 Å². The van der Waals surface area contributed by atoms with E-state index in [4.69, 9.17) is 0 Å². The van der Waals surface area contributed by atoms with Crippen LogP contribution in [0.15, 0.2) is 25.3 Å². The summed E-state index contributed by atoms with van der Waals surface area (Å²) in [5.74, 6) is -0.600. The van der Waals surface area contributed by atoms with Gasteiger partial charge in [-0.05, 0) is 0 Å². The van der Waals surface area contributed by atoms with Crippen LogP contribution in [0.2, 0.25) is 0 Å². The second-order valence-electron chi connectivity index (χ2n) is 1.18. The van der Waals surface area contributed by atoms with Crippen LogP contribution in [0.4, 0.5) is 0 Å². The lowest BCUT2D eigenvalue weighted by atomic mass is 10.7. The Morgan fingerprint density at radius 3 is 2.67 bits per heavy atom. The minimum atomic E-state index is -0.600. The molecule has 0 radical (unpaired) electrons. The molecular weight excluding hydrogens is 120 g/mol. The largest absolute Gasteiger partial charge is 0.365 e. The van der Waals surface area contributed by atoms with Gasteiger partial charge in [0, 0.05) is 6.08 Å². The van der Waals surface area contributed by atoms with E-state index < -0.39 is 5.97 Å². The zero-order valence-electron chi connectivity index (χ0n) is 5.00. The van der Waals surface area contributed by atoms with Crippen molar-refractivity contribution >= 4 is 5.97 Å². The van der Waals surface area contributed by atoms with Gasteiger partial charge in [-0.15, -0.1) is 6.58 Å². The van der Waals surface area contributed by atoms with E-state index in [1.807, 2.05) is 0 Å². The third-order valence-electron chi connectivity index (χ3n) is 0.494. The Morgan fingerprint density at radius 2 is 2.22 bits per heavy atom. The molecule has 0 aliphatic heterocycles. The van der Waals surface area contributed by atoms with Crippen LogP contribution in [0.1, 0.15) is 0 Å². The first-order valence-electron chi connectivity index (χ1n) is 2.38. The number of hydrogen-bond donors (Lipinski definition) is 0. The highest BCUT2D eigenvalue weighted by Crippen LogP contribution is 1.80. The number of carbonyl (C=O) groups excluding carboxylic acids is 1. The van der Waals surface area contributed by atoms with E-state index in [1.165, 1.54) is 6.08 Å². The smallest absolute Gasteiger partial charge is 0.293 e. The maximum absolute atomic E-state index is 10.2. The molecule has 3 heteroatoms. The summed E-state index contributed by atoms with van der Waals surface area (Å²) in [7, 11) is 0. The Balaban J connectivity index is 3.16. The fourth-order valence-corrected chi connectivity index (χ4v) is 0.174. The van der Waals surface area contributed by atoms with Crippen molar-refractivity contribution in [2.75, 3.05) is 6.61 Å². The van der Waals surface area contributed by atoms with E-state index in [1.54, 1.807) is 0 Å². The van der Waals surface area contributed by atoms with Crippen molar-refractivity contribution in [1.82, 2.24) is 0 Å². The van der Waals surface area contributed by atoms with E-state index in [0.29, 0.717) is 0 Å². The molecule has 9 heavy (non-hydrogen) atoms. The van der Waals surface area contributed by atoms with Crippen molar-refractivity contribution in [1.29, 1.82) is 0 Å². The molecule has 0 fully saturated rings. The van der Waals surface area contributed by atoms with E-state index in [-0.39, 0.29) is 6.61 Å². The second kappa shape index (κ2) is 5.05. The van der Waals surface area contributed by atoms with Crippen LogP contribution in [-0.2, 0) is 14.6 Å². The predicted octanol–water partition coefficient (Wildman–Crippen LogP) is 0.833. The van der Waals surface area contributed by atoms with Crippen molar-refractivity contribution in [3.63, 3.8) is 0 Å². The first kappa shape index (κ1) is 7.91. The molecule has 0 aliphatic rings. The molecule has 0 heterocycles. The molecule has 3 nitrogen and oxygen atoms in total. The SMILES string of the molecule is C=CCOOC(=O)C=C. The summed E-state index contributed by atoms with van der Waals surface area (Å²) in [4.78, 5) is 18.6. The maximum atomic E-state index is 10.2. The first-order valence-corrected chi connectivity index (χ1v) is 2.38. The Hall–Kier alpha value is -1.09. The summed E-state index contributed by atoms with van der Waals surface area (Å²) in [5.41, 5.74) is 0. The Morgan fingerprint density at radius 1 is 1.56 bits per heavy atom. The Labute approximate surface area is 53.5 Å². The standard InChI is InChI=1S/C6H8O3/c1-3-5-8-9-6(7)4-2/h3-4H,1-2,5H2. The molecular formula is C6H8O3. The average molecular weight is 128 g/mol. The fraction of sp³-hybridized carbons (Fsp3) is 0.167. The highest BCUT2D eigenvalue weighted by Gasteiger charge is 1.91. The number of hydrogen-bond acceptors (Lipinski definition) is 3. The maximum Gasteiger partial charge on any atom is 0.365 e. The summed E-state index contributed by atoms with van der Waals surface area (Å²) in [6, 6.07) is 0. The molecule has 0 unspecified atom stereocenters. The van der Waals surface area contributed by atoms with Crippen LogP contribution in [0, 0.1) is 0 Å². The molecule has 0 aromatic rings. The van der Waals surface area contributed by atoms with Crippen molar-refractivity contribution in [2.24, 2.45) is 0 Å². The van der Waals surface area contributed by atoms with Gasteiger partial charge in [-0.3, -0.25) is 4.89 Å². The minimum Gasteiger partial charge on any atom is -0.293 e. The highest BCUT2D eigenvalue weighted by atomic mass is 17.2. The van der Waals surface area contributed by atoms with Gasteiger partial charge in [0.2, 0.25) is 0 Å².